The number of rotatable bonds is 4. The van der Waals surface area contributed by atoms with Crippen LogP contribution in [0.4, 0.5) is 21.2 Å². The van der Waals surface area contributed by atoms with Crippen LogP contribution in [0.3, 0.4) is 0 Å². The van der Waals surface area contributed by atoms with Crippen LogP contribution in [0.1, 0.15) is 31.9 Å². The topological polar surface area (TPSA) is 102 Å². The lowest BCUT2D eigenvalue weighted by Crippen LogP contribution is -2.45. The van der Waals surface area contributed by atoms with Crippen molar-refractivity contribution in [2.75, 3.05) is 17.2 Å². The zero-order valence-electron chi connectivity index (χ0n) is 16.8. The summed E-state index contributed by atoms with van der Waals surface area (Å²) in [6.45, 7) is 6.17. The number of nitrogens with zero attached hydrogens (tertiary/aromatic N) is 1. The molecule has 0 radical (unpaired) electrons. The molecular formula is C21H26N4O4. The summed E-state index contributed by atoms with van der Waals surface area (Å²) in [5.41, 5.74) is 1.31. The van der Waals surface area contributed by atoms with Crippen LogP contribution >= 0.6 is 0 Å². The second-order valence-corrected chi connectivity index (χ2v) is 7.82. The van der Waals surface area contributed by atoms with E-state index in [-0.39, 0.29) is 12.6 Å². The zero-order valence-corrected chi connectivity index (χ0v) is 16.8. The van der Waals surface area contributed by atoms with Crippen LogP contribution in [0.25, 0.3) is 0 Å². The second-order valence-electron chi connectivity index (χ2n) is 7.82. The molecular weight excluding hydrogens is 372 g/mol. The number of amides is 2. The summed E-state index contributed by atoms with van der Waals surface area (Å²) in [4.78, 5) is 28.3. The Morgan fingerprint density at radius 3 is 2.62 bits per heavy atom. The molecule has 1 aromatic heterocycles. The van der Waals surface area contributed by atoms with E-state index in [2.05, 4.69) is 20.9 Å². The highest BCUT2D eigenvalue weighted by Gasteiger charge is 2.24. The Bertz CT molecular complexity index is 865. The van der Waals surface area contributed by atoms with Gasteiger partial charge in [-0.05, 0) is 44.4 Å². The Balaban J connectivity index is 1.51. The Kier molecular flexibility index (Phi) is 6.21. The maximum atomic E-state index is 12.0. The van der Waals surface area contributed by atoms with Crippen LogP contribution in [0.15, 0.2) is 42.5 Å². The minimum atomic E-state index is -0.568. The van der Waals surface area contributed by atoms with Crippen molar-refractivity contribution in [3.63, 3.8) is 0 Å². The SMILES string of the molecule is CC(C)(C)OC(=O)NC1CNc2nc(NC(=O)OCc3ccccc3)ccc2C1. The first-order valence-corrected chi connectivity index (χ1v) is 9.49. The predicted octanol–water partition coefficient (Wildman–Crippen LogP) is 3.69. The van der Waals surface area contributed by atoms with Gasteiger partial charge in [-0.25, -0.2) is 14.6 Å². The molecule has 1 unspecified atom stereocenters. The first-order valence-electron chi connectivity index (χ1n) is 9.49. The molecule has 2 heterocycles. The van der Waals surface area contributed by atoms with E-state index >= 15 is 0 Å². The Labute approximate surface area is 170 Å². The fraction of sp³-hybridized carbons (Fsp3) is 0.381. The molecule has 3 rings (SSSR count). The zero-order chi connectivity index (χ0) is 20.9. The molecule has 0 bridgehead atoms. The summed E-state index contributed by atoms with van der Waals surface area (Å²) < 4.78 is 10.5. The van der Waals surface area contributed by atoms with Gasteiger partial charge in [0.15, 0.2) is 0 Å². The maximum Gasteiger partial charge on any atom is 0.413 e. The van der Waals surface area contributed by atoms with Crippen molar-refractivity contribution in [2.24, 2.45) is 0 Å². The van der Waals surface area contributed by atoms with Crippen LogP contribution in [-0.4, -0.2) is 35.4 Å². The molecule has 3 N–H and O–H groups in total. The van der Waals surface area contributed by atoms with Crippen LogP contribution in [0.5, 0.6) is 0 Å². The smallest absolute Gasteiger partial charge is 0.413 e. The van der Waals surface area contributed by atoms with Crippen LogP contribution in [0, 0.1) is 0 Å². The van der Waals surface area contributed by atoms with Gasteiger partial charge in [-0.3, -0.25) is 5.32 Å². The van der Waals surface area contributed by atoms with Crippen LogP contribution in [-0.2, 0) is 22.5 Å². The van der Waals surface area contributed by atoms with Gasteiger partial charge in [0.2, 0.25) is 0 Å². The fourth-order valence-electron chi connectivity index (χ4n) is 2.87. The lowest BCUT2D eigenvalue weighted by molar-refractivity contribution is 0.0506. The molecule has 8 heteroatoms. The molecule has 0 saturated heterocycles. The van der Waals surface area contributed by atoms with Gasteiger partial charge in [0.05, 0.1) is 6.04 Å². The van der Waals surface area contributed by atoms with Crippen molar-refractivity contribution in [1.29, 1.82) is 0 Å². The minimum Gasteiger partial charge on any atom is -0.444 e. The number of hydrogen-bond donors (Lipinski definition) is 3. The number of pyridine rings is 1. The van der Waals surface area contributed by atoms with Crippen LogP contribution in [0.2, 0.25) is 0 Å². The fourth-order valence-corrected chi connectivity index (χ4v) is 2.87. The molecule has 1 aromatic carbocycles. The van der Waals surface area contributed by atoms with E-state index in [9.17, 15) is 9.59 Å². The normalized spacial score (nSPS) is 15.5. The number of benzene rings is 1. The average molecular weight is 398 g/mol. The van der Waals surface area contributed by atoms with Crippen molar-refractivity contribution < 1.29 is 19.1 Å². The van der Waals surface area contributed by atoms with Crippen molar-refractivity contribution >= 4 is 23.8 Å². The van der Waals surface area contributed by atoms with Gasteiger partial charge < -0.3 is 20.1 Å². The number of carbonyl (C=O) groups is 2. The predicted molar refractivity (Wildman–Crippen MR) is 110 cm³/mol. The number of nitrogens with one attached hydrogen (secondary N) is 3. The Morgan fingerprint density at radius 2 is 1.90 bits per heavy atom. The number of ether oxygens (including phenoxy) is 2. The van der Waals surface area contributed by atoms with Gasteiger partial charge in [0.25, 0.3) is 0 Å². The van der Waals surface area contributed by atoms with E-state index in [1.165, 1.54) is 0 Å². The lowest BCUT2D eigenvalue weighted by atomic mass is 10.0. The largest absolute Gasteiger partial charge is 0.444 e. The molecule has 1 aliphatic heterocycles. The third-order valence-electron chi connectivity index (χ3n) is 4.12. The first kappa shape index (κ1) is 20.4. The van der Waals surface area contributed by atoms with E-state index in [0.717, 1.165) is 11.1 Å². The Hall–Kier alpha value is -3.29. The summed E-state index contributed by atoms with van der Waals surface area (Å²) in [5, 5.41) is 8.66. The molecule has 154 valence electrons. The number of aromatic nitrogens is 1. The number of alkyl carbamates (subject to hydrolysis) is 1. The van der Waals surface area contributed by atoms with Crippen molar-refractivity contribution in [3.8, 4) is 0 Å². The third kappa shape index (κ3) is 6.38. The molecule has 1 atom stereocenters. The number of hydrogen-bond acceptors (Lipinski definition) is 6. The highest BCUT2D eigenvalue weighted by atomic mass is 16.6. The first-order chi connectivity index (χ1) is 13.8. The average Bonchev–Trinajstić information content (AvgIpc) is 2.66. The lowest BCUT2D eigenvalue weighted by Gasteiger charge is -2.28. The van der Waals surface area contributed by atoms with E-state index in [0.29, 0.717) is 24.6 Å². The molecule has 2 amide bonds. The van der Waals surface area contributed by atoms with Gasteiger partial charge in [0, 0.05) is 6.54 Å². The summed E-state index contributed by atoms with van der Waals surface area (Å²) >= 11 is 0. The summed E-state index contributed by atoms with van der Waals surface area (Å²) in [6, 6.07) is 12.9. The highest BCUT2D eigenvalue weighted by molar-refractivity contribution is 5.83. The summed E-state index contributed by atoms with van der Waals surface area (Å²) in [6.07, 6.45) is -0.394. The van der Waals surface area contributed by atoms with Gasteiger partial charge in [-0.15, -0.1) is 0 Å². The number of anilines is 2. The van der Waals surface area contributed by atoms with Gasteiger partial charge in [0.1, 0.15) is 23.8 Å². The number of carbonyl (C=O) groups excluding carboxylic acids is 2. The van der Waals surface area contributed by atoms with E-state index in [1.54, 1.807) is 6.07 Å². The molecule has 0 aliphatic carbocycles. The minimum absolute atomic E-state index is 0.103. The van der Waals surface area contributed by atoms with E-state index < -0.39 is 17.8 Å². The molecule has 1 aliphatic rings. The standard InChI is InChI=1S/C21H26N4O4/c1-21(2,3)29-20(27)23-16-11-15-9-10-17(24-18(15)22-12-16)25-19(26)28-13-14-7-5-4-6-8-14/h4-10,16H,11-13H2,1-3H3,(H,23,27)(H2,22,24,25,26). The van der Waals surface area contributed by atoms with Crippen molar-refractivity contribution in [3.05, 3.63) is 53.6 Å². The van der Waals surface area contributed by atoms with Crippen molar-refractivity contribution in [2.45, 2.75) is 45.4 Å². The molecule has 0 fully saturated rings. The summed E-state index contributed by atoms with van der Waals surface area (Å²) in [5.74, 6) is 1.07. The van der Waals surface area contributed by atoms with Crippen molar-refractivity contribution in [1.82, 2.24) is 10.3 Å². The van der Waals surface area contributed by atoms with Gasteiger partial charge >= 0.3 is 12.2 Å². The maximum absolute atomic E-state index is 12.0. The Morgan fingerprint density at radius 1 is 1.14 bits per heavy atom. The van der Waals surface area contributed by atoms with E-state index in [4.69, 9.17) is 9.47 Å². The molecule has 0 spiro atoms. The molecule has 2 aromatic rings. The summed E-state index contributed by atoms with van der Waals surface area (Å²) in [7, 11) is 0. The van der Waals surface area contributed by atoms with Crippen LogP contribution < -0.4 is 16.0 Å². The molecule has 29 heavy (non-hydrogen) atoms. The monoisotopic (exact) mass is 398 g/mol. The molecule has 0 saturated carbocycles. The van der Waals surface area contributed by atoms with E-state index in [1.807, 2.05) is 57.2 Å². The highest BCUT2D eigenvalue weighted by Crippen LogP contribution is 2.22. The molecule has 8 nitrogen and oxygen atoms in total. The second kappa shape index (κ2) is 8.81. The quantitative estimate of drug-likeness (QED) is 0.726. The van der Waals surface area contributed by atoms with Gasteiger partial charge in [-0.1, -0.05) is 36.4 Å². The third-order valence-corrected chi connectivity index (χ3v) is 4.12. The van der Waals surface area contributed by atoms with Gasteiger partial charge in [-0.2, -0.15) is 0 Å². The number of fused-ring (bicyclic) bond motifs is 1.